The van der Waals surface area contributed by atoms with Gasteiger partial charge in [0.2, 0.25) is 0 Å². The Morgan fingerprint density at radius 1 is 0.630 bits per heavy atom. The van der Waals surface area contributed by atoms with Crippen LogP contribution in [0.25, 0.3) is 0 Å². The molecule has 9 heteroatoms. The first-order valence-electron chi connectivity index (χ1n) is 19.2. The summed E-state index contributed by atoms with van der Waals surface area (Å²) in [5.74, 6) is -0.331. The Labute approximate surface area is 283 Å². The minimum Gasteiger partial charge on any atom is -0.457 e. The number of carbonyl (C=O) groups excluding carboxylic acids is 1. The van der Waals surface area contributed by atoms with Crippen molar-refractivity contribution >= 4 is 13.8 Å². The lowest BCUT2D eigenvalue weighted by molar-refractivity contribution is -0.154. The molecule has 0 aromatic heterocycles. The average molecular weight is 676 g/mol. The van der Waals surface area contributed by atoms with E-state index in [0.29, 0.717) is 13.0 Å². The lowest BCUT2D eigenvalue weighted by Gasteiger charge is -2.20. The van der Waals surface area contributed by atoms with Gasteiger partial charge in [0.1, 0.15) is 6.10 Å². The molecule has 2 atom stereocenters. The fourth-order valence-corrected chi connectivity index (χ4v) is 6.11. The molecule has 3 N–H and O–H groups in total. The highest BCUT2D eigenvalue weighted by Crippen LogP contribution is 2.43. The Balaban J connectivity index is 4.07. The van der Waals surface area contributed by atoms with Gasteiger partial charge < -0.3 is 20.1 Å². The molecule has 274 valence electrons. The predicted octanol–water partition coefficient (Wildman–Crippen LogP) is 10.7. The minimum atomic E-state index is -4.26. The summed E-state index contributed by atoms with van der Waals surface area (Å²) in [7, 11) is -4.26. The fourth-order valence-electron chi connectivity index (χ4n) is 5.34. The highest BCUT2D eigenvalue weighted by molar-refractivity contribution is 7.47. The molecular weight excluding hydrogens is 601 g/mol. The molecular formula is C37H74NO7P. The van der Waals surface area contributed by atoms with Gasteiger partial charge in [0.15, 0.2) is 0 Å². The van der Waals surface area contributed by atoms with Crippen LogP contribution in [0.5, 0.6) is 0 Å². The van der Waals surface area contributed by atoms with Crippen molar-refractivity contribution in [3.8, 4) is 0 Å². The smallest absolute Gasteiger partial charge is 0.457 e. The molecule has 0 saturated carbocycles. The van der Waals surface area contributed by atoms with Crippen LogP contribution in [0.4, 0.5) is 0 Å². The Morgan fingerprint density at radius 2 is 1.09 bits per heavy atom. The number of phosphoric ester groups is 1. The van der Waals surface area contributed by atoms with E-state index in [1.54, 1.807) is 0 Å². The summed E-state index contributed by atoms with van der Waals surface area (Å²) in [6.07, 6.45) is 35.0. The van der Waals surface area contributed by atoms with Crippen LogP contribution in [0.2, 0.25) is 0 Å². The molecule has 0 aliphatic carbocycles. The first-order chi connectivity index (χ1) is 22.4. The SMILES string of the molecule is CCCCC/C=C\CCCCCCCCOCC(COP(=O)(O)OCCN)OC(=O)CCCCCCCCCCCCCCCC. The molecule has 2 unspecified atom stereocenters. The normalized spacial score (nSPS) is 13.7. The van der Waals surface area contributed by atoms with E-state index in [0.717, 1.165) is 32.1 Å². The number of nitrogens with two attached hydrogens (primary N) is 1. The number of carbonyl (C=O) groups is 1. The molecule has 0 heterocycles. The Bertz CT molecular complexity index is 722. The van der Waals surface area contributed by atoms with Crippen LogP contribution < -0.4 is 5.73 Å². The van der Waals surface area contributed by atoms with Gasteiger partial charge in [-0.25, -0.2) is 4.57 Å². The number of unbranched alkanes of at least 4 members (excludes halogenated alkanes) is 22. The van der Waals surface area contributed by atoms with E-state index in [9.17, 15) is 14.3 Å². The molecule has 0 spiro atoms. The van der Waals surface area contributed by atoms with Crippen molar-refractivity contribution in [2.75, 3.05) is 33.0 Å². The summed E-state index contributed by atoms with van der Waals surface area (Å²) in [5, 5.41) is 0. The third-order valence-electron chi connectivity index (χ3n) is 8.18. The molecule has 0 aromatic rings. The Kier molecular flexibility index (Phi) is 35.0. The van der Waals surface area contributed by atoms with Gasteiger partial charge in [0, 0.05) is 19.6 Å². The number of allylic oxidation sites excluding steroid dienone is 2. The number of ether oxygens (including phenoxy) is 2. The molecule has 46 heavy (non-hydrogen) atoms. The molecule has 0 amide bonds. The van der Waals surface area contributed by atoms with Crippen LogP contribution >= 0.6 is 7.82 Å². The quantitative estimate of drug-likeness (QED) is 0.0289. The van der Waals surface area contributed by atoms with E-state index in [4.69, 9.17) is 24.3 Å². The second kappa shape index (κ2) is 35.5. The van der Waals surface area contributed by atoms with Crippen LogP contribution in [-0.4, -0.2) is 49.9 Å². The van der Waals surface area contributed by atoms with Gasteiger partial charge in [-0.15, -0.1) is 0 Å². The van der Waals surface area contributed by atoms with Crippen molar-refractivity contribution in [1.29, 1.82) is 0 Å². The lowest BCUT2D eigenvalue weighted by atomic mass is 10.0. The zero-order valence-electron chi connectivity index (χ0n) is 30.1. The van der Waals surface area contributed by atoms with Crippen LogP contribution in [0, 0.1) is 0 Å². The molecule has 0 rings (SSSR count). The zero-order chi connectivity index (χ0) is 33.8. The first kappa shape index (κ1) is 45.2. The third-order valence-corrected chi connectivity index (χ3v) is 9.17. The number of esters is 1. The molecule has 0 aliphatic heterocycles. The van der Waals surface area contributed by atoms with E-state index >= 15 is 0 Å². The monoisotopic (exact) mass is 676 g/mol. The number of hydrogen-bond donors (Lipinski definition) is 2. The van der Waals surface area contributed by atoms with E-state index in [-0.39, 0.29) is 32.3 Å². The topological polar surface area (TPSA) is 117 Å². The van der Waals surface area contributed by atoms with Crippen molar-refractivity contribution in [2.45, 2.75) is 187 Å². The molecule has 0 aliphatic rings. The Morgan fingerprint density at radius 3 is 1.63 bits per heavy atom. The van der Waals surface area contributed by atoms with Crippen molar-refractivity contribution in [1.82, 2.24) is 0 Å². The van der Waals surface area contributed by atoms with Crippen molar-refractivity contribution in [3.63, 3.8) is 0 Å². The van der Waals surface area contributed by atoms with Gasteiger partial charge in [-0.05, 0) is 38.5 Å². The molecule has 0 aromatic carbocycles. The number of rotatable bonds is 37. The first-order valence-corrected chi connectivity index (χ1v) is 20.7. The lowest BCUT2D eigenvalue weighted by Crippen LogP contribution is -2.28. The summed E-state index contributed by atoms with van der Waals surface area (Å²) in [4.78, 5) is 22.4. The highest BCUT2D eigenvalue weighted by atomic mass is 31.2. The maximum Gasteiger partial charge on any atom is 0.472 e. The molecule has 0 fully saturated rings. The predicted molar refractivity (Wildman–Crippen MR) is 192 cm³/mol. The maximum atomic E-state index is 12.5. The van der Waals surface area contributed by atoms with Crippen LogP contribution in [-0.2, 0) is 27.9 Å². The van der Waals surface area contributed by atoms with E-state index in [1.807, 2.05) is 0 Å². The summed E-state index contributed by atoms with van der Waals surface area (Å²) >= 11 is 0. The summed E-state index contributed by atoms with van der Waals surface area (Å²) in [6, 6.07) is 0. The van der Waals surface area contributed by atoms with Crippen molar-refractivity contribution < 1.29 is 32.8 Å². The standard InChI is InChI=1S/C37H74NO7P/c1-3-5-7-9-11-13-15-17-18-20-22-24-26-28-30-37(39)45-36(35-44-46(40,41)43-33-31-38)34-42-32-29-27-25-23-21-19-16-14-12-10-8-6-4-2/h12,14,36H,3-11,13,15-35,38H2,1-2H3,(H,40,41)/b14-12-. The van der Waals surface area contributed by atoms with Gasteiger partial charge in [-0.3, -0.25) is 13.8 Å². The molecule has 0 bridgehead atoms. The number of hydrogen-bond acceptors (Lipinski definition) is 7. The minimum absolute atomic E-state index is 0.0936. The fraction of sp³-hybridized carbons (Fsp3) is 0.919. The summed E-state index contributed by atoms with van der Waals surface area (Å²) in [5.41, 5.74) is 5.35. The van der Waals surface area contributed by atoms with Crippen LogP contribution in [0.3, 0.4) is 0 Å². The number of phosphoric acid groups is 1. The van der Waals surface area contributed by atoms with Crippen LogP contribution in [0.15, 0.2) is 12.2 Å². The maximum absolute atomic E-state index is 12.5. The van der Waals surface area contributed by atoms with E-state index in [2.05, 4.69) is 26.0 Å². The second-order valence-corrected chi connectivity index (χ2v) is 14.2. The van der Waals surface area contributed by atoms with Gasteiger partial charge in [-0.1, -0.05) is 148 Å². The Hall–Kier alpha value is -0.760. The largest absolute Gasteiger partial charge is 0.472 e. The van der Waals surface area contributed by atoms with Crippen LogP contribution in [0.1, 0.15) is 181 Å². The van der Waals surface area contributed by atoms with Gasteiger partial charge in [0.25, 0.3) is 0 Å². The summed E-state index contributed by atoms with van der Waals surface area (Å²) in [6.45, 7) is 4.90. The van der Waals surface area contributed by atoms with Crippen molar-refractivity contribution in [2.24, 2.45) is 5.73 Å². The van der Waals surface area contributed by atoms with Gasteiger partial charge >= 0.3 is 13.8 Å². The summed E-state index contributed by atoms with van der Waals surface area (Å²) < 4.78 is 33.3. The molecule has 0 radical (unpaired) electrons. The van der Waals surface area contributed by atoms with E-state index < -0.39 is 13.9 Å². The third kappa shape index (κ3) is 34.6. The van der Waals surface area contributed by atoms with E-state index in [1.165, 1.54) is 128 Å². The molecule has 8 nitrogen and oxygen atoms in total. The van der Waals surface area contributed by atoms with Crippen molar-refractivity contribution in [3.05, 3.63) is 12.2 Å². The highest BCUT2D eigenvalue weighted by Gasteiger charge is 2.25. The second-order valence-electron chi connectivity index (χ2n) is 12.8. The average Bonchev–Trinajstić information content (AvgIpc) is 3.04. The zero-order valence-corrected chi connectivity index (χ0v) is 31.0. The van der Waals surface area contributed by atoms with Gasteiger partial charge in [0.05, 0.1) is 19.8 Å². The van der Waals surface area contributed by atoms with Gasteiger partial charge in [-0.2, -0.15) is 0 Å². The molecule has 0 saturated heterocycles.